The van der Waals surface area contributed by atoms with Crippen molar-refractivity contribution >= 4 is 17.6 Å². The van der Waals surface area contributed by atoms with Crippen molar-refractivity contribution in [1.82, 2.24) is 0 Å². The van der Waals surface area contributed by atoms with Crippen LogP contribution in [0.15, 0.2) is 58.7 Å². The second-order valence-corrected chi connectivity index (χ2v) is 5.52. The van der Waals surface area contributed by atoms with Crippen LogP contribution in [0.5, 0.6) is 5.75 Å². The van der Waals surface area contributed by atoms with Gasteiger partial charge in [0.1, 0.15) is 12.4 Å². The Hall–Kier alpha value is -2.04. The lowest BCUT2D eigenvalue weighted by atomic mass is 10.1. The van der Waals surface area contributed by atoms with E-state index in [0.717, 1.165) is 5.56 Å². The maximum atomic E-state index is 11.9. The number of hydrogen-bond acceptors (Lipinski definition) is 4. The standard InChI is InChI=1S/C18H19ClO4/c1-22-18(21)17-4-2-3-15(19)11-14(17)12-23-16-7-5-13(6-8-16)9-10-20/h2,4-8,11,20H,3,9-10,12H2,1H3. The summed E-state index contributed by atoms with van der Waals surface area (Å²) in [5.74, 6) is 0.266. The number of carbonyl (C=O) groups excluding carboxylic acids is 1. The maximum Gasteiger partial charge on any atom is 0.338 e. The molecule has 1 aromatic carbocycles. The van der Waals surface area contributed by atoms with Crippen LogP contribution in [0.1, 0.15) is 12.0 Å². The summed E-state index contributed by atoms with van der Waals surface area (Å²) in [4.78, 5) is 11.9. The molecule has 1 aromatic rings. The number of halogens is 1. The van der Waals surface area contributed by atoms with Gasteiger partial charge in [0.25, 0.3) is 0 Å². The Morgan fingerprint density at radius 2 is 2.04 bits per heavy atom. The van der Waals surface area contributed by atoms with E-state index in [1.54, 1.807) is 12.2 Å². The number of aliphatic hydroxyl groups excluding tert-OH is 1. The number of allylic oxidation sites excluding steroid dienone is 2. The number of carbonyl (C=O) groups is 1. The van der Waals surface area contributed by atoms with Gasteiger partial charge in [0.05, 0.1) is 12.7 Å². The van der Waals surface area contributed by atoms with E-state index in [0.29, 0.717) is 34.8 Å². The SMILES string of the molecule is COC(=O)C1=C(COc2ccc(CCO)cc2)C=C(Cl)CC=C1. The van der Waals surface area contributed by atoms with Crippen molar-refractivity contribution in [2.45, 2.75) is 12.8 Å². The van der Waals surface area contributed by atoms with Gasteiger partial charge in [0.2, 0.25) is 0 Å². The third-order valence-corrected chi connectivity index (χ3v) is 3.66. The Bertz CT molecular complexity index is 641. The van der Waals surface area contributed by atoms with Crippen LogP contribution in [-0.4, -0.2) is 31.4 Å². The fraction of sp³-hybridized carbons (Fsp3) is 0.278. The molecular weight excluding hydrogens is 316 g/mol. The summed E-state index contributed by atoms with van der Waals surface area (Å²) in [7, 11) is 1.34. The van der Waals surface area contributed by atoms with Crippen molar-refractivity contribution in [3.63, 3.8) is 0 Å². The van der Waals surface area contributed by atoms with E-state index >= 15 is 0 Å². The average Bonchev–Trinajstić information content (AvgIpc) is 2.75. The lowest BCUT2D eigenvalue weighted by Crippen LogP contribution is -2.10. The number of methoxy groups -OCH3 is 1. The third kappa shape index (κ3) is 4.98. The Balaban J connectivity index is 2.14. The van der Waals surface area contributed by atoms with E-state index in [1.165, 1.54) is 7.11 Å². The number of ether oxygens (including phenoxy) is 2. The molecule has 1 aliphatic carbocycles. The zero-order valence-electron chi connectivity index (χ0n) is 12.9. The minimum Gasteiger partial charge on any atom is -0.489 e. The predicted molar refractivity (Wildman–Crippen MR) is 89.5 cm³/mol. The highest BCUT2D eigenvalue weighted by Gasteiger charge is 2.15. The number of aliphatic hydroxyl groups is 1. The molecule has 0 aliphatic heterocycles. The predicted octanol–water partition coefficient (Wildman–Crippen LogP) is 3.15. The van der Waals surface area contributed by atoms with E-state index in [4.69, 9.17) is 26.2 Å². The van der Waals surface area contributed by atoms with Gasteiger partial charge >= 0.3 is 5.97 Å². The summed E-state index contributed by atoms with van der Waals surface area (Å²) in [6, 6.07) is 7.47. The van der Waals surface area contributed by atoms with Crippen molar-refractivity contribution < 1.29 is 19.4 Å². The molecule has 0 radical (unpaired) electrons. The Morgan fingerprint density at radius 1 is 1.30 bits per heavy atom. The Morgan fingerprint density at radius 3 is 2.70 bits per heavy atom. The molecule has 0 atom stereocenters. The quantitative estimate of drug-likeness (QED) is 0.812. The molecule has 0 spiro atoms. The minimum absolute atomic E-state index is 0.116. The summed E-state index contributed by atoms with van der Waals surface area (Å²) >= 11 is 6.11. The molecule has 1 aliphatic rings. The van der Waals surface area contributed by atoms with Gasteiger partial charge in [-0.15, -0.1) is 0 Å². The fourth-order valence-electron chi connectivity index (χ4n) is 2.19. The molecule has 0 fully saturated rings. The average molecular weight is 335 g/mol. The van der Waals surface area contributed by atoms with Gasteiger partial charge in [0, 0.05) is 23.6 Å². The minimum atomic E-state index is -0.416. The van der Waals surface area contributed by atoms with Crippen LogP contribution in [0.25, 0.3) is 0 Å². The number of hydrogen-bond donors (Lipinski definition) is 1. The molecule has 0 saturated heterocycles. The second-order valence-electron chi connectivity index (χ2n) is 5.03. The van der Waals surface area contributed by atoms with Gasteiger partial charge in [-0.25, -0.2) is 4.79 Å². The molecule has 122 valence electrons. The first kappa shape index (κ1) is 17.3. The van der Waals surface area contributed by atoms with E-state index in [2.05, 4.69) is 0 Å². The van der Waals surface area contributed by atoms with Gasteiger partial charge < -0.3 is 14.6 Å². The summed E-state index contributed by atoms with van der Waals surface area (Å²) < 4.78 is 10.5. The van der Waals surface area contributed by atoms with E-state index in [9.17, 15) is 4.79 Å². The molecule has 0 bridgehead atoms. The first-order chi connectivity index (χ1) is 11.1. The smallest absolute Gasteiger partial charge is 0.338 e. The monoisotopic (exact) mass is 334 g/mol. The van der Waals surface area contributed by atoms with Crippen molar-refractivity contribution in [1.29, 1.82) is 0 Å². The van der Waals surface area contributed by atoms with Crippen molar-refractivity contribution in [3.8, 4) is 5.75 Å². The molecule has 2 rings (SSSR count). The molecule has 23 heavy (non-hydrogen) atoms. The highest BCUT2D eigenvalue weighted by Crippen LogP contribution is 2.22. The van der Waals surface area contributed by atoms with Crippen LogP contribution in [0.2, 0.25) is 0 Å². The van der Waals surface area contributed by atoms with Crippen molar-refractivity contribution in [2.24, 2.45) is 0 Å². The van der Waals surface area contributed by atoms with Gasteiger partial charge in [-0.1, -0.05) is 35.9 Å². The fourth-order valence-corrected chi connectivity index (χ4v) is 2.41. The molecule has 0 amide bonds. The first-order valence-corrected chi connectivity index (χ1v) is 7.68. The second kappa shape index (κ2) is 8.56. The van der Waals surface area contributed by atoms with Crippen LogP contribution in [0.4, 0.5) is 0 Å². The number of benzene rings is 1. The summed E-state index contributed by atoms with van der Waals surface area (Å²) in [6.07, 6.45) is 6.46. The maximum absolute atomic E-state index is 11.9. The largest absolute Gasteiger partial charge is 0.489 e. The molecule has 4 nitrogen and oxygen atoms in total. The molecule has 1 N–H and O–H groups in total. The van der Waals surface area contributed by atoms with Gasteiger partial charge in [-0.3, -0.25) is 0 Å². The van der Waals surface area contributed by atoms with Crippen molar-refractivity contribution in [2.75, 3.05) is 20.3 Å². The lowest BCUT2D eigenvalue weighted by molar-refractivity contribution is -0.135. The number of rotatable bonds is 6. The zero-order valence-corrected chi connectivity index (χ0v) is 13.7. The Kier molecular flexibility index (Phi) is 6.44. The summed E-state index contributed by atoms with van der Waals surface area (Å²) in [5, 5.41) is 9.55. The number of esters is 1. The third-order valence-electron chi connectivity index (χ3n) is 3.40. The van der Waals surface area contributed by atoms with Crippen molar-refractivity contribution in [3.05, 3.63) is 64.2 Å². The van der Waals surface area contributed by atoms with Crippen LogP contribution < -0.4 is 4.74 Å². The molecule has 0 heterocycles. The van der Waals surface area contributed by atoms with E-state index in [1.807, 2.05) is 30.3 Å². The molecule has 0 aromatic heterocycles. The van der Waals surface area contributed by atoms with Gasteiger partial charge in [-0.05, 0) is 30.2 Å². The Labute approximate surface area is 140 Å². The van der Waals surface area contributed by atoms with E-state index in [-0.39, 0.29) is 13.2 Å². The molecule has 5 heteroatoms. The van der Waals surface area contributed by atoms with Crippen LogP contribution in [-0.2, 0) is 16.0 Å². The zero-order chi connectivity index (χ0) is 16.7. The normalized spacial score (nSPS) is 14.3. The lowest BCUT2D eigenvalue weighted by Gasteiger charge is -2.10. The highest BCUT2D eigenvalue weighted by molar-refractivity contribution is 6.30. The van der Waals surface area contributed by atoms with Crippen LogP contribution in [0, 0.1) is 0 Å². The molecule has 0 saturated carbocycles. The van der Waals surface area contributed by atoms with Crippen LogP contribution >= 0.6 is 11.6 Å². The van der Waals surface area contributed by atoms with Crippen LogP contribution in [0.3, 0.4) is 0 Å². The van der Waals surface area contributed by atoms with Gasteiger partial charge in [0.15, 0.2) is 0 Å². The summed E-state index contributed by atoms with van der Waals surface area (Å²) in [5.41, 5.74) is 2.16. The topological polar surface area (TPSA) is 55.8 Å². The van der Waals surface area contributed by atoms with E-state index < -0.39 is 5.97 Å². The van der Waals surface area contributed by atoms with Gasteiger partial charge in [-0.2, -0.15) is 0 Å². The highest BCUT2D eigenvalue weighted by atomic mass is 35.5. The molecule has 0 unspecified atom stereocenters. The first-order valence-electron chi connectivity index (χ1n) is 7.30. The molecular formula is C18H19ClO4. The summed E-state index contributed by atoms with van der Waals surface area (Å²) in [6.45, 7) is 0.329.